The third-order valence-corrected chi connectivity index (χ3v) is 7.40. The summed E-state index contributed by atoms with van der Waals surface area (Å²) in [5, 5.41) is 4.57. The molecule has 6 nitrogen and oxygen atoms in total. The Balaban J connectivity index is 1.36. The second kappa shape index (κ2) is 7.21. The monoisotopic (exact) mass is 373 g/mol. The Kier molecular flexibility index (Phi) is 5.06. The Morgan fingerprint density at radius 3 is 2.37 bits per heavy atom. The molecule has 1 aromatic rings. The van der Waals surface area contributed by atoms with Crippen molar-refractivity contribution in [2.75, 3.05) is 39.8 Å². The molecule has 3 fully saturated rings. The summed E-state index contributed by atoms with van der Waals surface area (Å²) in [5.41, 5.74) is 4.17. The molecule has 3 saturated heterocycles. The van der Waals surface area contributed by atoms with Crippen molar-refractivity contribution in [3.05, 3.63) is 17.0 Å². The molecule has 3 aliphatic rings. The van der Waals surface area contributed by atoms with Crippen LogP contribution in [0.4, 0.5) is 0 Å². The fourth-order valence-electron chi connectivity index (χ4n) is 5.51. The first kappa shape index (κ1) is 18.9. The van der Waals surface area contributed by atoms with Crippen molar-refractivity contribution in [1.82, 2.24) is 24.5 Å². The van der Waals surface area contributed by atoms with Crippen LogP contribution in [0.1, 0.15) is 49.1 Å². The normalized spacial score (nSPS) is 26.4. The fraction of sp³-hybridized carbons (Fsp3) is 0.810. The summed E-state index contributed by atoms with van der Waals surface area (Å²) in [6.07, 6.45) is 5.82. The maximum Gasteiger partial charge on any atom is 0.239 e. The number of aromatic nitrogens is 2. The van der Waals surface area contributed by atoms with E-state index in [4.69, 9.17) is 0 Å². The Morgan fingerprint density at radius 1 is 1.11 bits per heavy atom. The average Bonchev–Trinajstić information content (AvgIpc) is 3.33. The maximum absolute atomic E-state index is 12.9. The van der Waals surface area contributed by atoms with Crippen LogP contribution >= 0.6 is 0 Å². The number of carbonyl (C=O) groups excluding carboxylic acids is 1. The minimum Gasteiger partial charge on any atom is -0.341 e. The number of aryl methyl sites for hydroxylation is 2. The Bertz CT molecular complexity index is 698. The standard InChI is InChI=1S/C21H35N5O/c1-16-18(17(2)24(4)22-16)14-25-11-7-21(8-12-25)13-19(23(3)15-21)20(27)26-9-5-6-10-26/h19H,5-15H2,1-4H3. The molecule has 1 aromatic heterocycles. The summed E-state index contributed by atoms with van der Waals surface area (Å²) in [5.74, 6) is 0.385. The lowest BCUT2D eigenvalue weighted by Gasteiger charge is -2.39. The van der Waals surface area contributed by atoms with Gasteiger partial charge in [-0.15, -0.1) is 0 Å². The van der Waals surface area contributed by atoms with Crippen LogP contribution in [-0.4, -0.2) is 76.2 Å². The van der Waals surface area contributed by atoms with Crippen LogP contribution in [0.3, 0.4) is 0 Å². The zero-order valence-corrected chi connectivity index (χ0v) is 17.5. The summed E-state index contributed by atoms with van der Waals surface area (Å²) in [7, 11) is 4.19. The number of likely N-dealkylation sites (N-methyl/N-ethyl adjacent to an activating group) is 1. The summed E-state index contributed by atoms with van der Waals surface area (Å²) >= 11 is 0. The predicted molar refractivity (Wildman–Crippen MR) is 106 cm³/mol. The van der Waals surface area contributed by atoms with Gasteiger partial charge in [0.15, 0.2) is 0 Å². The molecule has 6 heteroatoms. The minimum atomic E-state index is 0.109. The van der Waals surface area contributed by atoms with Crippen molar-refractivity contribution in [2.24, 2.45) is 12.5 Å². The second-order valence-corrected chi connectivity index (χ2v) is 9.22. The molecule has 0 N–H and O–H groups in total. The molecular formula is C21H35N5O. The third-order valence-electron chi connectivity index (χ3n) is 7.40. The van der Waals surface area contributed by atoms with Gasteiger partial charge in [-0.1, -0.05) is 0 Å². The summed E-state index contributed by atoms with van der Waals surface area (Å²) in [6, 6.07) is 0.109. The minimum absolute atomic E-state index is 0.109. The second-order valence-electron chi connectivity index (χ2n) is 9.22. The molecule has 1 spiro atoms. The van der Waals surface area contributed by atoms with Gasteiger partial charge in [-0.25, -0.2) is 0 Å². The van der Waals surface area contributed by atoms with Gasteiger partial charge in [0.2, 0.25) is 5.91 Å². The highest BCUT2D eigenvalue weighted by Crippen LogP contribution is 2.43. The van der Waals surface area contributed by atoms with Crippen LogP contribution in [0.2, 0.25) is 0 Å². The van der Waals surface area contributed by atoms with Crippen molar-refractivity contribution in [1.29, 1.82) is 0 Å². The van der Waals surface area contributed by atoms with Gasteiger partial charge in [-0.2, -0.15) is 5.10 Å². The van der Waals surface area contributed by atoms with Gasteiger partial charge in [0.1, 0.15) is 0 Å². The van der Waals surface area contributed by atoms with Crippen LogP contribution in [0, 0.1) is 19.3 Å². The molecule has 1 atom stereocenters. The molecule has 0 bridgehead atoms. The predicted octanol–water partition coefficient (Wildman–Crippen LogP) is 1.95. The lowest BCUT2D eigenvalue weighted by molar-refractivity contribution is -0.134. The van der Waals surface area contributed by atoms with Crippen LogP contribution in [-0.2, 0) is 18.4 Å². The lowest BCUT2D eigenvalue weighted by atomic mass is 9.76. The zero-order valence-electron chi connectivity index (χ0n) is 17.5. The Morgan fingerprint density at radius 2 is 1.78 bits per heavy atom. The van der Waals surface area contributed by atoms with Crippen molar-refractivity contribution >= 4 is 5.91 Å². The molecule has 0 radical (unpaired) electrons. The van der Waals surface area contributed by atoms with E-state index in [1.54, 1.807) is 0 Å². The number of amides is 1. The zero-order chi connectivity index (χ0) is 19.2. The summed E-state index contributed by atoms with van der Waals surface area (Å²) < 4.78 is 2.00. The smallest absolute Gasteiger partial charge is 0.239 e. The number of hydrogen-bond donors (Lipinski definition) is 0. The fourth-order valence-corrected chi connectivity index (χ4v) is 5.51. The van der Waals surface area contributed by atoms with Gasteiger partial charge < -0.3 is 4.90 Å². The quantitative estimate of drug-likeness (QED) is 0.812. The van der Waals surface area contributed by atoms with E-state index in [0.29, 0.717) is 11.3 Å². The molecule has 0 aromatic carbocycles. The van der Waals surface area contributed by atoms with Crippen LogP contribution in [0.25, 0.3) is 0 Å². The Labute approximate surface area is 163 Å². The highest BCUT2D eigenvalue weighted by Gasteiger charge is 2.47. The first-order chi connectivity index (χ1) is 12.9. The molecule has 0 saturated carbocycles. The van der Waals surface area contributed by atoms with Gasteiger partial charge in [0, 0.05) is 44.5 Å². The van der Waals surface area contributed by atoms with E-state index < -0.39 is 0 Å². The van der Waals surface area contributed by atoms with Gasteiger partial charge in [0.05, 0.1) is 11.7 Å². The van der Waals surface area contributed by atoms with E-state index in [1.807, 2.05) is 11.7 Å². The molecule has 3 aliphatic heterocycles. The number of nitrogens with zero attached hydrogens (tertiary/aromatic N) is 5. The van der Waals surface area contributed by atoms with E-state index in [9.17, 15) is 4.79 Å². The van der Waals surface area contributed by atoms with Crippen LogP contribution in [0.5, 0.6) is 0 Å². The number of likely N-dealkylation sites (tertiary alicyclic amines) is 3. The first-order valence-corrected chi connectivity index (χ1v) is 10.6. The number of hydrogen-bond acceptors (Lipinski definition) is 4. The van der Waals surface area contributed by atoms with E-state index in [1.165, 1.54) is 36.9 Å². The van der Waals surface area contributed by atoms with Crippen molar-refractivity contribution in [2.45, 2.75) is 58.5 Å². The van der Waals surface area contributed by atoms with Crippen LogP contribution < -0.4 is 0 Å². The van der Waals surface area contributed by atoms with E-state index in [2.05, 4.69) is 40.7 Å². The number of piperidine rings is 1. The molecule has 0 aliphatic carbocycles. The summed E-state index contributed by atoms with van der Waals surface area (Å²) in [6.45, 7) is 10.6. The molecule has 27 heavy (non-hydrogen) atoms. The molecule has 4 heterocycles. The number of rotatable bonds is 3. The van der Waals surface area contributed by atoms with Gasteiger partial charge in [-0.05, 0) is 71.5 Å². The third kappa shape index (κ3) is 3.54. The maximum atomic E-state index is 12.9. The van der Waals surface area contributed by atoms with Crippen LogP contribution in [0.15, 0.2) is 0 Å². The number of carbonyl (C=O) groups is 1. The SMILES string of the molecule is Cc1nn(C)c(C)c1CN1CCC2(CC1)CC(C(=O)N1CCCC1)N(C)C2. The Hall–Kier alpha value is -1.40. The highest BCUT2D eigenvalue weighted by atomic mass is 16.2. The highest BCUT2D eigenvalue weighted by molar-refractivity contribution is 5.82. The molecule has 1 unspecified atom stereocenters. The lowest BCUT2D eigenvalue weighted by Crippen LogP contribution is -2.42. The van der Waals surface area contributed by atoms with E-state index in [0.717, 1.165) is 51.4 Å². The van der Waals surface area contributed by atoms with Crippen molar-refractivity contribution in [3.8, 4) is 0 Å². The largest absolute Gasteiger partial charge is 0.341 e. The molecular weight excluding hydrogens is 338 g/mol. The van der Waals surface area contributed by atoms with Gasteiger partial charge in [0.25, 0.3) is 0 Å². The van der Waals surface area contributed by atoms with Gasteiger partial charge >= 0.3 is 0 Å². The molecule has 1 amide bonds. The van der Waals surface area contributed by atoms with E-state index in [-0.39, 0.29) is 6.04 Å². The molecule has 4 rings (SSSR count). The average molecular weight is 374 g/mol. The van der Waals surface area contributed by atoms with E-state index >= 15 is 0 Å². The first-order valence-electron chi connectivity index (χ1n) is 10.6. The van der Waals surface area contributed by atoms with Crippen molar-refractivity contribution in [3.63, 3.8) is 0 Å². The topological polar surface area (TPSA) is 44.6 Å². The summed E-state index contributed by atoms with van der Waals surface area (Å²) in [4.78, 5) is 20.0. The van der Waals surface area contributed by atoms with Gasteiger partial charge in [-0.3, -0.25) is 19.3 Å². The molecule has 150 valence electrons. The van der Waals surface area contributed by atoms with Crippen molar-refractivity contribution < 1.29 is 4.79 Å².